The van der Waals surface area contributed by atoms with Gasteiger partial charge in [-0.2, -0.15) is 0 Å². The van der Waals surface area contributed by atoms with Crippen molar-refractivity contribution in [2.75, 3.05) is 14.2 Å². The predicted molar refractivity (Wildman–Crippen MR) is 106 cm³/mol. The van der Waals surface area contributed by atoms with Gasteiger partial charge in [-0.15, -0.1) is 0 Å². The van der Waals surface area contributed by atoms with Crippen LogP contribution in [-0.4, -0.2) is 30.3 Å². The van der Waals surface area contributed by atoms with Gasteiger partial charge in [0.05, 0.1) is 20.1 Å². The second-order valence-corrected chi connectivity index (χ2v) is 8.11. The molecule has 2 aliphatic rings. The minimum absolute atomic E-state index is 0.181. The van der Waals surface area contributed by atoms with Crippen molar-refractivity contribution in [2.24, 2.45) is 0 Å². The number of piperidine rings is 1. The molecule has 7 heteroatoms. The van der Waals surface area contributed by atoms with Crippen LogP contribution >= 0.6 is 11.9 Å². The van der Waals surface area contributed by atoms with Gasteiger partial charge in [-0.25, -0.2) is 4.31 Å². The highest BCUT2D eigenvalue weighted by atomic mass is 32.2. The van der Waals surface area contributed by atoms with E-state index in [9.17, 15) is 9.59 Å². The fourth-order valence-electron chi connectivity index (χ4n) is 3.70. The molecule has 2 heterocycles. The number of rotatable bonds is 5. The van der Waals surface area contributed by atoms with Crippen LogP contribution in [0.25, 0.3) is 0 Å². The molecule has 0 aromatic heterocycles. The Morgan fingerprint density at radius 2 is 1.79 bits per heavy atom. The molecule has 1 fully saturated rings. The number of fused-ring (bicyclic) bond motifs is 1. The van der Waals surface area contributed by atoms with Gasteiger partial charge >= 0.3 is 0 Å². The number of nitrogens with one attached hydrogen (secondary N) is 1. The van der Waals surface area contributed by atoms with E-state index in [1.165, 1.54) is 11.1 Å². The SMILES string of the molecule is COc1ccc(SN2Cc3ccc(C4CCC(=O)NC4=O)cc3C2)cc1OC. The Kier molecular flexibility index (Phi) is 5.28. The molecule has 1 unspecified atom stereocenters. The van der Waals surface area contributed by atoms with Crippen LogP contribution in [-0.2, 0) is 22.7 Å². The van der Waals surface area contributed by atoms with Gasteiger partial charge in [0, 0.05) is 24.4 Å². The molecule has 146 valence electrons. The lowest BCUT2D eigenvalue weighted by atomic mass is 9.89. The van der Waals surface area contributed by atoms with E-state index < -0.39 is 0 Å². The number of methoxy groups -OCH3 is 2. The van der Waals surface area contributed by atoms with Crippen LogP contribution in [0.4, 0.5) is 0 Å². The van der Waals surface area contributed by atoms with Crippen molar-refractivity contribution >= 4 is 23.8 Å². The van der Waals surface area contributed by atoms with Crippen LogP contribution in [0, 0.1) is 0 Å². The first-order valence-corrected chi connectivity index (χ1v) is 9.95. The maximum atomic E-state index is 12.2. The van der Waals surface area contributed by atoms with Crippen molar-refractivity contribution in [3.05, 3.63) is 53.1 Å². The minimum atomic E-state index is -0.240. The monoisotopic (exact) mass is 398 g/mol. The van der Waals surface area contributed by atoms with E-state index in [1.807, 2.05) is 24.3 Å². The highest BCUT2D eigenvalue weighted by Crippen LogP contribution is 2.38. The Morgan fingerprint density at radius 1 is 1.00 bits per heavy atom. The number of hydrogen-bond donors (Lipinski definition) is 1. The van der Waals surface area contributed by atoms with Crippen molar-refractivity contribution < 1.29 is 19.1 Å². The zero-order valence-electron chi connectivity index (χ0n) is 15.9. The molecule has 2 aromatic rings. The lowest BCUT2D eigenvalue weighted by Crippen LogP contribution is -2.39. The first-order valence-electron chi connectivity index (χ1n) is 9.17. The third-order valence-electron chi connectivity index (χ3n) is 5.15. The summed E-state index contributed by atoms with van der Waals surface area (Å²) in [5.74, 6) is 0.816. The summed E-state index contributed by atoms with van der Waals surface area (Å²) in [5, 5.41) is 2.44. The Morgan fingerprint density at radius 3 is 2.54 bits per heavy atom. The summed E-state index contributed by atoms with van der Waals surface area (Å²) in [4.78, 5) is 24.6. The standard InChI is InChI=1S/C21H22N2O4S/c1-26-18-7-5-16(10-19(18)27-2)28-23-11-14-4-3-13(9-15(14)12-23)17-6-8-20(24)22-21(17)25/h3-5,7,9-10,17H,6,8,11-12H2,1-2H3,(H,22,24,25). The summed E-state index contributed by atoms with van der Waals surface area (Å²) in [5.41, 5.74) is 3.49. The fourth-order valence-corrected chi connectivity index (χ4v) is 4.69. The normalized spacial score (nSPS) is 19.3. The van der Waals surface area contributed by atoms with E-state index in [0.29, 0.717) is 24.3 Å². The number of hydrogen-bond acceptors (Lipinski definition) is 6. The fraction of sp³-hybridized carbons (Fsp3) is 0.333. The highest BCUT2D eigenvalue weighted by molar-refractivity contribution is 7.97. The Balaban J connectivity index is 1.47. The minimum Gasteiger partial charge on any atom is -0.493 e. The van der Waals surface area contributed by atoms with Gasteiger partial charge in [0.15, 0.2) is 11.5 Å². The predicted octanol–water partition coefficient (Wildman–Crippen LogP) is 3.25. The summed E-state index contributed by atoms with van der Waals surface area (Å²) in [6.07, 6.45) is 0.975. The number of ether oxygens (including phenoxy) is 2. The van der Waals surface area contributed by atoms with E-state index in [0.717, 1.165) is 23.5 Å². The quantitative estimate of drug-likeness (QED) is 0.616. The molecule has 6 nitrogen and oxygen atoms in total. The summed E-state index contributed by atoms with van der Waals surface area (Å²) >= 11 is 1.67. The number of carbonyl (C=O) groups is 2. The smallest absolute Gasteiger partial charge is 0.234 e. The number of nitrogens with zero attached hydrogens (tertiary/aromatic N) is 1. The van der Waals surface area contributed by atoms with Crippen molar-refractivity contribution in [1.29, 1.82) is 0 Å². The third kappa shape index (κ3) is 3.72. The van der Waals surface area contributed by atoms with Crippen LogP contribution in [0.2, 0.25) is 0 Å². The van der Waals surface area contributed by atoms with Crippen LogP contribution < -0.4 is 14.8 Å². The van der Waals surface area contributed by atoms with E-state index >= 15 is 0 Å². The zero-order chi connectivity index (χ0) is 19.7. The number of benzene rings is 2. The van der Waals surface area contributed by atoms with Gasteiger partial charge < -0.3 is 9.47 Å². The molecule has 0 saturated carbocycles. The molecule has 28 heavy (non-hydrogen) atoms. The molecule has 0 spiro atoms. The third-order valence-corrected chi connectivity index (χ3v) is 6.14. The molecule has 0 radical (unpaired) electrons. The summed E-state index contributed by atoms with van der Waals surface area (Å²) < 4.78 is 13.0. The van der Waals surface area contributed by atoms with Crippen molar-refractivity contribution in [3.8, 4) is 11.5 Å². The molecule has 1 saturated heterocycles. The van der Waals surface area contributed by atoms with E-state index in [4.69, 9.17) is 9.47 Å². The van der Waals surface area contributed by atoms with Gasteiger partial charge in [-0.1, -0.05) is 18.2 Å². The molecule has 2 aromatic carbocycles. The second kappa shape index (κ2) is 7.85. The van der Waals surface area contributed by atoms with Crippen LogP contribution in [0.5, 0.6) is 11.5 Å². The first-order chi connectivity index (χ1) is 13.6. The summed E-state index contributed by atoms with van der Waals surface area (Å²) in [6.45, 7) is 1.64. The first kappa shape index (κ1) is 18.8. The Bertz CT molecular complexity index is 931. The molecule has 1 atom stereocenters. The van der Waals surface area contributed by atoms with E-state index in [1.54, 1.807) is 26.2 Å². The average molecular weight is 398 g/mol. The molecular weight excluding hydrogens is 376 g/mol. The zero-order valence-corrected chi connectivity index (χ0v) is 16.7. The van der Waals surface area contributed by atoms with Gasteiger partial charge in [0.2, 0.25) is 11.8 Å². The second-order valence-electron chi connectivity index (χ2n) is 6.94. The van der Waals surface area contributed by atoms with Crippen LogP contribution in [0.1, 0.15) is 35.4 Å². The lowest BCUT2D eigenvalue weighted by molar-refractivity contribution is -0.134. The number of imide groups is 1. The van der Waals surface area contributed by atoms with Crippen molar-refractivity contribution in [3.63, 3.8) is 0 Å². The Hall–Kier alpha value is -2.51. The molecule has 1 N–H and O–H groups in total. The average Bonchev–Trinajstić information content (AvgIpc) is 3.09. The highest BCUT2D eigenvalue weighted by Gasteiger charge is 2.29. The molecular formula is C21H22N2O4S. The van der Waals surface area contributed by atoms with Gasteiger partial charge in [-0.05, 0) is 53.3 Å². The molecule has 4 rings (SSSR count). The van der Waals surface area contributed by atoms with Crippen LogP contribution in [0.3, 0.4) is 0 Å². The van der Waals surface area contributed by atoms with E-state index in [2.05, 4.69) is 21.8 Å². The van der Waals surface area contributed by atoms with Crippen molar-refractivity contribution in [2.45, 2.75) is 36.7 Å². The van der Waals surface area contributed by atoms with Gasteiger partial charge in [0.1, 0.15) is 0 Å². The molecule has 2 amide bonds. The van der Waals surface area contributed by atoms with Gasteiger partial charge in [-0.3, -0.25) is 14.9 Å². The lowest BCUT2D eigenvalue weighted by Gasteiger charge is -2.21. The summed E-state index contributed by atoms with van der Waals surface area (Å²) in [7, 11) is 3.26. The van der Waals surface area contributed by atoms with Gasteiger partial charge in [0.25, 0.3) is 0 Å². The topological polar surface area (TPSA) is 67.9 Å². The maximum absolute atomic E-state index is 12.2. The van der Waals surface area contributed by atoms with E-state index in [-0.39, 0.29) is 17.7 Å². The van der Waals surface area contributed by atoms with Crippen LogP contribution in [0.15, 0.2) is 41.3 Å². The molecule has 0 bridgehead atoms. The molecule has 0 aliphatic carbocycles. The maximum Gasteiger partial charge on any atom is 0.234 e. The molecule has 2 aliphatic heterocycles. The number of amides is 2. The largest absolute Gasteiger partial charge is 0.493 e. The summed E-state index contributed by atoms with van der Waals surface area (Å²) in [6, 6.07) is 12.1. The number of carbonyl (C=O) groups excluding carboxylic acids is 2. The van der Waals surface area contributed by atoms with Crippen molar-refractivity contribution in [1.82, 2.24) is 9.62 Å². The Labute approximate surface area is 168 Å².